The zero-order chi connectivity index (χ0) is 9.31. The fourth-order valence-corrected chi connectivity index (χ4v) is 1.74. The van der Waals surface area contributed by atoms with Crippen molar-refractivity contribution in [3.8, 4) is 0 Å². The van der Waals surface area contributed by atoms with Crippen LogP contribution in [0.1, 0.15) is 0 Å². The molecule has 13 heavy (non-hydrogen) atoms. The monoisotopic (exact) mass is 186 g/mol. The highest BCUT2D eigenvalue weighted by atomic mass is 16.9. The summed E-state index contributed by atoms with van der Waals surface area (Å²) in [5, 5.41) is 2.66. The van der Waals surface area contributed by atoms with Crippen LogP contribution in [0.25, 0.3) is 0 Å². The summed E-state index contributed by atoms with van der Waals surface area (Å²) in [7, 11) is 0. The van der Waals surface area contributed by atoms with Crippen molar-refractivity contribution < 1.29 is 19.0 Å². The van der Waals surface area contributed by atoms with Gasteiger partial charge in [0.05, 0.1) is 6.54 Å². The Kier molecular flexibility index (Phi) is 2.23. The molecule has 3 heterocycles. The molecule has 5 heteroatoms. The van der Waals surface area contributed by atoms with Gasteiger partial charge in [0, 0.05) is 6.92 Å². The van der Waals surface area contributed by atoms with Gasteiger partial charge in [0.1, 0.15) is 19.7 Å². The molecule has 3 fully saturated rings. The van der Waals surface area contributed by atoms with Crippen LogP contribution in [0, 0.1) is 6.92 Å². The van der Waals surface area contributed by atoms with Crippen molar-refractivity contribution in [2.24, 2.45) is 0 Å². The van der Waals surface area contributed by atoms with Crippen molar-refractivity contribution in [2.75, 3.05) is 32.8 Å². The first-order valence-corrected chi connectivity index (χ1v) is 4.46. The molecule has 73 valence electrons. The summed E-state index contributed by atoms with van der Waals surface area (Å²) >= 11 is 0. The lowest BCUT2D eigenvalue weighted by atomic mass is 10.3. The van der Waals surface area contributed by atoms with E-state index in [0.29, 0.717) is 11.2 Å². The zero-order valence-electron chi connectivity index (χ0n) is 7.49. The number of hydroxylamine groups is 3. The van der Waals surface area contributed by atoms with E-state index in [-0.39, 0.29) is 12.2 Å². The minimum atomic E-state index is -0.233. The molecule has 2 atom stereocenters. The van der Waals surface area contributed by atoms with Gasteiger partial charge in [0.2, 0.25) is 5.91 Å². The van der Waals surface area contributed by atoms with Crippen LogP contribution in [0.5, 0.6) is 0 Å². The number of hydrogen-bond acceptors (Lipinski definition) is 3. The van der Waals surface area contributed by atoms with Gasteiger partial charge in [-0.2, -0.15) is 9.48 Å². The van der Waals surface area contributed by atoms with Gasteiger partial charge in [0.25, 0.3) is 6.29 Å². The lowest BCUT2D eigenvalue weighted by molar-refractivity contribution is -1.18. The van der Waals surface area contributed by atoms with Crippen LogP contribution in [0.15, 0.2) is 0 Å². The fourth-order valence-electron chi connectivity index (χ4n) is 1.74. The van der Waals surface area contributed by atoms with E-state index in [1.165, 1.54) is 0 Å². The van der Waals surface area contributed by atoms with E-state index in [1.807, 2.05) is 0 Å². The molecular weight excluding hydrogens is 172 g/mol. The van der Waals surface area contributed by atoms with Crippen LogP contribution < -0.4 is 5.32 Å². The molecule has 3 saturated heterocycles. The first-order valence-electron chi connectivity index (χ1n) is 4.46. The molecule has 2 unspecified atom stereocenters. The molecule has 0 aromatic rings. The lowest BCUT2D eigenvalue weighted by Gasteiger charge is -2.50. The summed E-state index contributed by atoms with van der Waals surface area (Å²) in [6, 6.07) is 0. The van der Waals surface area contributed by atoms with Crippen LogP contribution in [0.2, 0.25) is 0 Å². The van der Waals surface area contributed by atoms with Gasteiger partial charge in [0.15, 0.2) is 6.54 Å². The van der Waals surface area contributed by atoms with Gasteiger partial charge >= 0.3 is 0 Å². The number of carbonyl (C=O) groups is 1. The summed E-state index contributed by atoms with van der Waals surface area (Å²) in [6.07, 6.45) is -0.01000. The predicted molar refractivity (Wildman–Crippen MR) is 44.1 cm³/mol. The molecule has 0 spiro atoms. The van der Waals surface area contributed by atoms with Crippen molar-refractivity contribution in [1.82, 2.24) is 5.32 Å². The van der Waals surface area contributed by atoms with Gasteiger partial charge < -0.3 is 10.1 Å². The Morgan fingerprint density at radius 1 is 1.69 bits per heavy atom. The van der Waals surface area contributed by atoms with Crippen LogP contribution >= 0.6 is 0 Å². The number of hydrogen-bond donors (Lipinski definition) is 1. The third kappa shape index (κ3) is 1.82. The fraction of sp³-hybridized carbons (Fsp3) is 0.750. The average Bonchev–Trinajstić information content (AvgIpc) is 2.03. The topological polar surface area (TPSA) is 47.6 Å². The maximum atomic E-state index is 10.5. The van der Waals surface area contributed by atoms with Crippen molar-refractivity contribution in [1.29, 1.82) is 0 Å². The van der Waals surface area contributed by atoms with E-state index in [0.717, 1.165) is 26.2 Å². The van der Waals surface area contributed by atoms with Crippen LogP contribution in [-0.4, -0.2) is 49.6 Å². The second kappa shape index (κ2) is 3.25. The molecule has 0 saturated carbocycles. The van der Waals surface area contributed by atoms with Crippen LogP contribution in [0.4, 0.5) is 0 Å². The smallest absolute Gasteiger partial charge is 0.268 e. The molecular formula is C8H14N2O3+. The average molecular weight is 186 g/mol. The van der Waals surface area contributed by atoms with E-state index >= 15 is 0 Å². The Balaban J connectivity index is 1.72. The number of nitrogens with zero attached hydrogens (tertiary/aromatic N) is 1. The molecule has 2 bridgehead atoms. The van der Waals surface area contributed by atoms with E-state index in [9.17, 15) is 4.79 Å². The highest BCUT2D eigenvalue weighted by Gasteiger charge is 2.51. The molecule has 1 N–H and O–H groups in total. The SMILES string of the molecule is [CH2]C(=O)NCC[N+]12CCOC(C1)O2. The number of amides is 1. The van der Waals surface area contributed by atoms with Gasteiger partial charge in [-0.15, -0.1) is 0 Å². The quantitative estimate of drug-likeness (QED) is 0.578. The molecule has 0 aromatic heterocycles. The van der Waals surface area contributed by atoms with E-state index in [4.69, 9.17) is 9.57 Å². The standard InChI is InChI=1S/C8H13N2O3/c1-7(11)9-2-3-10-4-5-12-8(6-10)13-10/h8H,1-6H2/p+1. The first-order chi connectivity index (χ1) is 6.20. The second-order valence-electron chi connectivity index (χ2n) is 3.44. The summed E-state index contributed by atoms with van der Waals surface area (Å²) < 4.78 is 5.89. The molecule has 0 aromatic carbocycles. The maximum absolute atomic E-state index is 10.5. The Bertz CT molecular complexity index is 208. The van der Waals surface area contributed by atoms with Crippen LogP contribution in [-0.2, 0) is 14.4 Å². The molecule has 3 aliphatic rings. The van der Waals surface area contributed by atoms with Crippen LogP contribution in [0.3, 0.4) is 0 Å². The predicted octanol–water partition coefficient (Wildman–Crippen LogP) is -0.945. The molecule has 5 nitrogen and oxygen atoms in total. The van der Waals surface area contributed by atoms with Gasteiger partial charge in [-0.3, -0.25) is 4.79 Å². The first kappa shape index (κ1) is 8.93. The number of rotatable bonds is 3. The Morgan fingerprint density at radius 3 is 3.00 bits per heavy atom. The molecule has 1 radical (unpaired) electrons. The molecule has 3 rings (SSSR count). The summed E-state index contributed by atoms with van der Waals surface area (Å²) in [6.45, 7) is 7.20. The minimum Gasteiger partial charge on any atom is -0.350 e. The number of ether oxygens (including phenoxy) is 1. The molecule has 0 aliphatic carbocycles. The van der Waals surface area contributed by atoms with E-state index < -0.39 is 0 Å². The highest BCUT2D eigenvalue weighted by Crippen LogP contribution is 2.28. The Labute approximate surface area is 77.1 Å². The Morgan fingerprint density at radius 2 is 2.46 bits per heavy atom. The normalized spacial score (nSPS) is 36.5. The Hall–Kier alpha value is -0.650. The third-order valence-corrected chi connectivity index (χ3v) is 2.47. The van der Waals surface area contributed by atoms with Gasteiger partial charge in [-0.25, -0.2) is 0 Å². The molecule has 1 amide bonds. The summed E-state index contributed by atoms with van der Waals surface area (Å²) in [5.41, 5.74) is 0. The largest absolute Gasteiger partial charge is 0.350 e. The number of morpholine rings is 1. The third-order valence-electron chi connectivity index (χ3n) is 2.47. The van der Waals surface area contributed by atoms with Gasteiger partial charge in [-0.1, -0.05) is 0 Å². The maximum Gasteiger partial charge on any atom is 0.268 e. The summed E-state index contributed by atoms with van der Waals surface area (Å²) in [5.74, 6) is -0.233. The van der Waals surface area contributed by atoms with E-state index in [2.05, 4.69) is 12.2 Å². The van der Waals surface area contributed by atoms with Crippen molar-refractivity contribution in [3.63, 3.8) is 0 Å². The van der Waals surface area contributed by atoms with E-state index in [1.54, 1.807) is 0 Å². The van der Waals surface area contributed by atoms with Crippen molar-refractivity contribution >= 4 is 5.91 Å². The highest BCUT2D eigenvalue weighted by molar-refractivity contribution is 5.79. The zero-order valence-corrected chi connectivity index (χ0v) is 7.49. The number of carbonyl (C=O) groups excluding carboxylic acids is 1. The number of fused-ring (bicyclic) bond motifs is 2. The number of nitrogens with one attached hydrogen (secondary N) is 1. The van der Waals surface area contributed by atoms with Crippen molar-refractivity contribution in [2.45, 2.75) is 6.29 Å². The van der Waals surface area contributed by atoms with Gasteiger partial charge in [-0.05, 0) is 0 Å². The summed E-state index contributed by atoms with van der Waals surface area (Å²) in [4.78, 5) is 16.0. The second-order valence-corrected chi connectivity index (χ2v) is 3.44. The molecule has 3 aliphatic heterocycles. The lowest BCUT2D eigenvalue weighted by Crippen LogP contribution is -2.71. The number of quaternary nitrogens is 1. The minimum absolute atomic E-state index is 0.01000. The van der Waals surface area contributed by atoms with Crippen molar-refractivity contribution in [3.05, 3.63) is 6.92 Å².